The normalized spacial score (nSPS) is 12.2. The molecular weight excluding hydrogens is 304 g/mol. The molecule has 0 aliphatic carbocycles. The zero-order chi connectivity index (χ0) is 18.2. The molecule has 1 rings (SSSR count). The Labute approximate surface area is 145 Å². The average molecular weight is 336 g/mol. The third-order valence-corrected chi connectivity index (χ3v) is 3.82. The third-order valence-electron chi connectivity index (χ3n) is 3.82. The molecule has 0 bridgehead atoms. The molecule has 0 aromatic carbocycles. The maximum atomic E-state index is 12.0. The number of rotatable bonds is 8. The van der Waals surface area contributed by atoms with Gasteiger partial charge in [-0.05, 0) is 47.1 Å². The summed E-state index contributed by atoms with van der Waals surface area (Å²) in [6.45, 7) is 12.7. The first-order valence-electron chi connectivity index (χ1n) is 8.54. The summed E-state index contributed by atoms with van der Waals surface area (Å²) >= 11 is 0. The van der Waals surface area contributed by atoms with Gasteiger partial charge in [-0.2, -0.15) is 5.10 Å². The quantitative estimate of drug-likeness (QED) is 0.379. The zero-order valence-corrected chi connectivity index (χ0v) is 15.9. The maximum absolute atomic E-state index is 12.0. The molecule has 0 fully saturated rings. The number of aromatic nitrogens is 2. The minimum atomic E-state index is -0.489. The second-order valence-electron chi connectivity index (χ2n) is 6.60. The van der Waals surface area contributed by atoms with Crippen LogP contribution < -0.4 is 16.0 Å². The van der Waals surface area contributed by atoms with Crippen LogP contribution in [0.2, 0.25) is 0 Å². The van der Waals surface area contributed by atoms with Gasteiger partial charge in [-0.15, -0.1) is 0 Å². The van der Waals surface area contributed by atoms with Gasteiger partial charge in [0.2, 0.25) is 5.91 Å². The van der Waals surface area contributed by atoms with Gasteiger partial charge in [-0.3, -0.25) is 14.5 Å². The molecular formula is C17H32N6O. The number of aliphatic imine (C=N–C) groups is 1. The fraction of sp³-hybridized carbons (Fsp3) is 0.706. The average Bonchev–Trinajstić information content (AvgIpc) is 2.84. The van der Waals surface area contributed by atoms with Crippen molar-refractivity contribution in [1.29, 1.82) is 0 Å². The molecule has 0 aliphatic rings. The van der Waals surface area contributed by atoms with Crippen LogP contribution in [0.5, 0.6) is 0 Å². The minimum absolute atomic E-state index is 0.0393. The lowest BCUT2D eigenvalue weighted by molar-refractivity contribution is -0.128. The van der Waals surface area contributed by atoms with Crippen molar-refractivity contribution in [2.45, 2.75) is 47.6 Å². The van der Waals surface area contributed by atoms with Gasteiger partial charge in [-0.1, -0.05) is 0 Å². The van der Waals surface area contributed by atoms with Gasteiger partial charge in [0.15, 0.2) is 5.96 Å². The van der Waals surface area contributed by atoms with Crippen molar-refractivity contribution in [2.75, 3.05) is 26.7 Å². The first-order chi connectivity index (χ1) is 11.3. The van der Waals surface area contributed by atoms with Crippen molar-refractivity contribution in [1.82, 2.24) is 25.7 Å². The van der Waals surface area contributed by atoms with E-state index >= 15 is 0 Å². The summed E-state index contributed by atoms with van der Waals surface area (Å²) in [5, 5.41) is 13.8. The molecule has 0 unspecified atom stereocenters. The van der Waals surface area contributed by atoms with Crippen molar-refractivity contribution in [2.24, 2.45) is 10.4 Å². The molecule has 0 spiro atoms. The van der Waals surface area contributed by atoms with Gasteiger partial charge in [0.25, 0.3) is 0 Å². The van der Waals surface area contributed by atoms with E-state index in [0.717, 1.165) is 25.2 Å². The lowest BCUT2D eigenvalue weighted by atomic mass is 9.92. The van der Waals surface area contributed by atoms with Crippen LogP contribution in [0.3, 0.4) is 0 Å². The van der Waals surface area contributed by atoms with Gasteiger partial charge in [0.1, 0.15) is 0 Å². The predicted octanol–water partition coefficient (Wildman–Crippen LogP) is 1.22. The summed E-state index contributed by atoms with van der Waals surface area (Å²) in [5.74, 6) is 0.748. The predicted molar refractivity (Wildman–Crippen MR) is 98.1 cm³/mol. The number of hydrogen-bond donors (Lipinski definition) is 3. The van der Waals surface area contributed by atoms with Gasteiger partial charge in [0, 0.05) is 38.9 Å². The second-order valence-corrected chi connectivity index (χ2v) is 6.60. The van der Waals surface area contributed by atoms with Crippen LogP contribution in [0, 0.1) is 19.3 Å². The highest BCUT2D eigenvalue weighted by molar-refractivity contribution is 5.84. The molecule has 1 amide bonds. The molecule has 0 saturated heterocycles. The van der Waals surface area contributed by atoms with Crippen LogP contribution in [-0.4, -0.2) is 48.3 Å². The van der Waals surface area contributed by atoms with E-state index in [-0.39, 0.29) is 5.91 Å². The van der Waals surface area contributed by atoms with E-state index in [9.17, 15) is 4.79 Å². The van der Waals surface area contributed by atoms with Crippen molar-refractivity contribution in [3.8, 4) is 0 Å². The Kier molecular flexibility index (Phi) is 7.74. The molecule has 1 aromatic rings. The van der Waals surface area contributed by atoms with Crippen molar-refractivity contribution >= 4 is 11.9 Å². The van der Waals surface area contributed by atoms with Crippen molar-refractivity contribution in [3.63, 3.8) is 0 Å². The molecule has 0 saturated carbocycles. The van der Waals surface area contributed by atoms with Gasteiger partial charge in [0.05, 0.1) is 11.1 Å². The summed E-state index contributed by atoms with van der Waals surface area (Å²) in [6.07, 6.45) is 0.947. The van der Waals surface area contributed by atoms with E-state index in [1.54, 1.807) is 7.05 Å². The smallest absolute Gasteiger partial charge is 0.227 e. The molecule has 7 nitrogen and oxygen atoms in total. The molecule has 24 heavy (non-hydrogen) atoms. The molecule has 136 valence electrons. The number of hydrogen-bond acceptors (Lipinski definition) is 3. The van der Waals surface area contributed by atoms with Gasteiger partial charge in [-0.25, -0.2) is 0 Å². The summed E-state index contributed by atoms with van der Waals surface area (Å²) in [6, 6.07) is 2.08. The van der Waals surface area contributed by atoms with E-state index < -0.39 is 5.41 Å². The van der Waals surface area contributed by atoms with Crippen LogP contribution in [0.1, 0.15) is 38.6 Å². The highest BCUT2D eigenvalue weighted by Crippen LogP contribution is 2.13. The number of carbonyl (C=O) groups excluding carboxylic acids is 1. The molecule has 7 heteroatoms. The van der Waals surface area contributed by atoms with Crippen molar-refractivity contribution < 1.29 is 4.79 Å². The van der Waals surface area contributed by atoms with Gasteiger partial charge >= 0.3 is 0 Å². The first kappa shape index (κ1) is 20.0. The summed E-state index contributed by atoms with van der Waals surface area (Å²) < 4.78 is 2.02. The maximum Gasteiger partial charge on any atom is 0.227 e. The monoisotopic (exact) mass is 336 g/mol. The van der Waals surface area contributed by atoms with E-state index in [4.69, 9.17) is 0 Å². The Morgan fingerprint density at radius 2 is 2.00 bits per heavy atom. The Balaban J connectivity index is 2.35. The Bertz CT molecular complexity index is 561. The largest absolute Gasteiger partial charge is 0.356 e. The first-order valence-corrected chi connectivity index (χ1v) is 8.54. The fourth-order valence-corrected chi connectivity index (χ4v) is 2.34. The van der Waals surface area contributed by atoms with Gasteiger partial charge < -0.3 is 16.0 Å². The topological polar surface area (TPSA) is 83.3 Å². The van der Waals surface area contributed by atoms with Crippen LogP contribution in [0.15, 0.2) is 11.1 Å². The Morgan fingerprint density at radius 3 is 2.54 bits per heavy atom. The molecule has 0 aliphatic heterocycles. The van der Waals surface area contributed by atoms with Crippen LogP contribution in [-0.2, 0) is 11.3 Å². The number of aryl methyl sites for hydroxylation is 3. The molecule has 1 aromatic heterocycles. The highest BCUT2D eigenvalue weighted by atomic mass is 16.2. The number of amides is 1. The third kappa shape index (κ3) is 6.22. The molecule has 1 heterocycles. The van der Waals surface area contributed by atoms with E-state index in [0.29, 0.717) is 19.0 Å². The lowest BCUT2D eigenvalue weighted by Gasteiger charge is -2.24. The van der Waals surface area contributed by atoms with Crippen LogP contribution in [0.4, 0.5) is 0 Å². The second kappa shape index (κ2) is 9.30. The highest BCUT2D eigenvalue weighted by Gasteiger charge is 2.27. The summed E-state index contributed by atoms with van der Waals surface area (Å²) in [4.78, 5) is 16.2. The lowest BCUT2D eigenvalue weighted by Crippen LogP contribution is -2.48. The number of carbonyl (C=O) groups is 1. The molecule has 0 atom stereocenters. The van der Waals surface area contributed by atoms with Crippen LogP contribution in [0.25, 0.3) is 0 Å². The molecule has 0 radical (unpaired) electrons. The van der Waals surface area contributed by atoms with E-state index in [1.165, 1.54) is 5.69 Å². The van der Waals surface area contributed by atoms with Crippen LogP contribution >= 0.6 is 0 Å². The Morgan fingerprint density at radius 1 is 1.29 bits per heavy atom. The summed E-state index contributed by atoms with van der Waals surface area (Å²) in [7, 11) is 1.73. The zero-order valence-electron chi connectivity index (χ0n) is 15.9. The van der Waals surface area contributed by atoms with Crippen molar-refractivity contribution in [3.05, 3.63) is 17.5 Å². The number of guanidine groups is 1. The number of nitrogens with one attached hydrogen (secondary N) is 3. The minimum Gasteiger partial charge on any atom is -0.356 e. The summed E-state index contributed by atoms with van der Waals surface area (Å²) in [5.41, 5.74) is 1.74. The SMILES string of the molecule is CCNC(=O)C(C)(C)CNC(=NC)NCCCn1nc(C)cc1C. The van der Waals surface area contributed by atoms with E-state index in [2.05, 4.69) is 39.0 Å². The Hall–Kier alpha value is -2.05. The van der Waals surface area contributed by atoms with E-state index in [1.807, 2.05) is 32.4 Å². The number of nitrogens with zero attached hydrogens (tertiary/aromatic N) is 3. The standard InChI is InChI=1S/C17H32N6O/c1-7-19-15(24)17(4,5)12-21-16(18-6)20-9-8-10-23-14(3)11-13(2)22-23/h11H,7-10,12H2,1-6H3,(H,19,24)(H2,18,20,21). The molecule has 3 N–H and O–H groups in total. The fourth-order valence-electron chi connectivity index (χ4n) is 2.34.